The monoisotopic (exact) mass is 176 g/mol. The SMILES string of the molecule is C=C(Cc1ccccc1F)C1CC1. The summed E-state index contributed by atoms with van der Waals surface area (Å²) in [6.45, 7) is 3.99. The molecule has 0 bridgehead atoms. The Labute approximate surface area is 78.1 Å². The average molecular weight is 176 g/mol. The minimum atomic E-state index is -0.107. The minimum absolute atomic E-state index is 0.107. The summed E-state index contributed by atoms with van der Waals surface area (Å²) >= 11 is 0. The van der Waals surface area contributed by atoms with Gasteiger partial charge >= 0.3 is 0 Å². The van der Waals surface area contributed by atoms with Gasteiger partial charge in [0.1, 0.15) is 5.82 Å². The molecule has 1 aliphatic carbocycles. The molecular weight excluding hydrogens is 163 g/mol. The zero-order chi connectivity index (χ0) is 9.26. The third kappa shape index (κ3) is 1.97. The van der Waals surface area contributed by atoms with Crippen LogP contribution >= 0.6 is 0 Å². The van der Waals surface area contributed by atoms with E-state index in [1.165, 1.54) is 24.5 Å². The van der Waals surface area contributed by atoms with Gasteiger partial charge in [0.15, 0.2) is 0 Å². The van der Waals surface area contributed by atoms with E-state index >= 15 is 0 Å². The van der Waals surface area contributed by atoms with Gasteiger partial charge in [0.25, 0.3) is 0 Å². The molecule has 1 aromatic carbocycles. The quantitative estimate of drug-likeness (QED) is 0.620. The molecule has 1 saturated carbocycles. The summed E-state index contributed by atoms with van der Waals surface area (Å²) in [5.74, 6) is 0.559. The highest BCUT2D eigenvalue weighted by atomic mass is 19.1. The van der Waals surface area contributed by atoms with Crippen molar-refractivity contribution in [3.63, 3.8) is 0 Å². The summed E-state index contributed by atoms with van der Waals surface area (Å²) in [7, 11) is 0. The van der Waals surface area contributed by atoms with E-state index < -0.39 is 0 Å². The highest BCUT2D eigenvalue weighted by Crippen LogP contribution is 2.37. The average Bonchev–Trinajstić information content (AvgIpc) is 2.91. The van der Waals surface area contributed by atoms with E-state index in [1.807, 2.05) is 12.1 Å². The topological polar surface area (TPSA) is 0 Å². The molecule has 1 aliphatic rings. The number of rotatable bonds is 3. The van der Waals surface area contributed by atoms with Gasteiger partial charge in [-0.3, -0.25) is 0 Å². The Hall–Kier alpha value is -1.11. The third-order valence-electron chi connectivity index (χ3n) is 2.53. The van der Waals surface area contributed by atoms with Crippen LogP contribution in [0.1, 0.15) is 18.4 Å². The molecule has 0 atom stereocenters. The third-order valence-corrected chi connectivity index (χ3v) is 2.53. The fourth-order valence-electron chi connectivity index (χ4n) is 1.52. The Balaban J connectivity index is 2.08. The molecule has 0 unspecified atom stereocenters. The van der Waals surface area contributed by atoms with Crippen LogP contribution in [0.4, 0.5) is 4.39 Å². The van der Waals surface area contributed by atoms with Crippen molar-refractivity contribution in [2.75, 3.05) is 0 Å². The van der Waals surface area contributed by atoms with Crippen LogP contribution in [0.25, 0.3) is 0 Å². The van der Waals surface area contributed by atoms with Crippen LogP contribution in [0.2, 0.25) is 0 Å². The second-order valence-electron chi connectivity index (χ2n) is 3.70. The molecule has 2 rings (SSSR count). The Morgan fingerprint density at radius 1 is 1.38 bits per heavy atom. The van der Waals surface area contributed by atoms with Gasteiger partial charge in [0.2, 0.25) is 0 Å². The number of hydrogen-bond donors (Lipinski definition) is 0. The first kappa shape index (κ1) is 8.49. The second kappa shape index (κ2) is 3.33. The predicted octanol–water partition coefficient (Wildman–Crippen LogP) is 3.33. The zero-order valence-electron chi connectivity index (χ0n) is 7.59. The standard InChI is InChI=1S/C12H13F/c1-9(10-6-7-10)8-11-4-2-3-5-12(11)13/h2-5,10H,1,6-8H2. The number of allylic oxidation sites excluding steroid dienone is 1. The van der Waals surface area contributed by atoms with Gasteiger partial charge < -0.3 is 0 Å². The normalized spacial score (nSPS) is 15.8. The summed E-state index contributed by atoms with van der Waals surface area (Å²) < 4.78 is 13.2. The Morgan fingerprint density at radius 3 is 2.69 bits per heavy atom. The molecule has 68 valence electrons. The molecule has 1 fully saturated rings. The minimum Gasteiger partial charge on any atom is -0.207 e. The van der Waals surface area contributed by atoms with Gasteiger partial charge in [-0.05, 0) is 36.8 Å². The fourth-order valence-corrected chi connectivity index (χ4v) is 1.52. The van der Waals surface area contributed by atoms with E-state index in [9.17, 15) is 4.39 Å². The maximum atomic E-state index is 13.2. The Bertz CT molecular complexity index is 324. The van der Waals surface area contributed by atoms with Gasteiger partial charge in [0.05, 0.1) is 0 Å². The summed E-state index contributed by atoms with van der Waals surface area (Å²) in [6, 6.07) is 6.94. The molecule has 0 radical (unpaired) electrons. The first-order valence-electron chi connectivity index (χ1n) is 4.68. The van der Waals surface area contributed by atoms with Gasteiger partial charge in [-0.25, -0.2) is 4.39 Å². The Morgan fingerprint density at radius 2 is 2.08 bits per heavy atom. The molecule has 0 amide bonds. The first-order chi connectivity index (χ1) is 6.27. The van der Waals surface area contributed by atoms with Crippen LogP contribution in [0.3, 0.4) is 0 Å². The highest BCUT2D eigenvalue weighted by molar-refractivity contribution is 5.24. The van der Waals surface area contributed by atoms with E-state index in [4.69, 9.17) is 0 Å². The highest BCUT2D eigenvalue weighted by Gasteiger charge is 2.24. The molecule has 0 aromatic heterocycles. The maximum absolute atomic E-state index is 13.2. The summed E-state index contributed by atoms with van der Waals surface area (Å²) in [5.41, 5.74) is 1.96. The van der Waals surface area contributed by atoms with Crippen molar-refractivity contribution >= 4 is 0 Å². The smallest absolute Gasteiger partial charge is 0.126 e. The molecule has 0 nitrogen and oxygen atoms in total. The summed E-state index contributed by atoms with van der Waals surface area (Å²) in [5, 5.41) is 0. The van der Waals surface area contributed by atoms with Crippen molar-refractivity contribution in [3.8, 4) is 0 Å². The van der Waals surface area contributed by atoms with Crippen molar-refractivity contribution in [1.82, 2.24) is 0 Å². The summed E-state index contributed by atoms with van der Waals surface area (Å²) in [4.78, 5) is 0. The van der Waals surface area contributed by atoms with Crippen LogP contribution in [0.15, 0.2) is 36.4 Å². The lowest BCUT2D eigenvalue weighted by Gasteiger charge is -2.04. The van der Waals surface area contributed by atoms with Crippen LogP contribution < -0.4 is 0 Å². The van der Waals surface area contributed by atoms with Crippen molar-refractivity contribution < 1.29 is 4.39 Å². The molecule has 0 spiro atoms. The van der Waals surface area contributed by atoms with E-state index in [0.29, 0.717) is 12.3 Å². The van der Waals surface area contributed by atoms with Crippen molar-refractivity contribution in [2.24, 2.45) is 5.92 Å². The van der Waals surface area contributed by atoms with Crippen LogP contribution in [0, 0.1) is 11.7 Å². The molecule has 0 saturated heterocycles. The van der Waals surface area contributed by atoms with E-state index in [-0.39, 0.29) is 5.82 Å². The van der Waals surface area contributed by atoms with E-state index in [2.05, 4.69) is 6.58 Å². The van der Waals surface area contributed by atoms with E-state index in [0.717, 1.165) is 5.56 Å². The molecular formula is C12H13F. The van der Waals surface area contributed by atoms with E-state index in [1.54, 1.807) is 6.07 Å². The molecule has 1 heteroatoms. The van der Waals surface area contributed by atoms with Crippen LogP contribution in [-0.4, -0.2) is 0 Å². The maximum Gasteiger partial charge on any atom is 0.126 e. The van der Waals surface area contributed by atoms with Gasteiger partial charge in [-0.1, -0.05) is 30.4 Å². The number of halogens is 1. The molecule has 13 heavy (non-hydrogen) atoms. The predicted molar refractivity (Wildman–Crippen MR) is 52.0 cm³/mol. The Kier molecular flexibility index (Phi) is 2.17. The van der Waals surface area contributed by atoms with Gasteiger partial charge in [0, 0.05) is 0 Å². The molecule has 0 heterocycles. The molecule has 1 aromatic rings. The van der Waals surface area contributed by atoms with Gasteiger partial charge in [-0.2, -0.15) is 0 Å². The van der Waals surface area contributed by atoms with Gasteiger partial charge in [-0.15, -0.1) is 0 Å². The first-order valence-corrected chi connectivity index (χ1v) is 4.68. The number of benzene rings is 1. The lowest BCUT2D eigenvalue weighted by molar-refractivity contribution is 0.612. The zero-order valence-corrected chi connectivity index (χ0v) is 7.59. The van der Waals surface area contributed by atoms with Crippen LogP contribution in [-0.2, 0) is 6.42 Å². The van der Waals surface area contributed by atoms with Crippen LogP contribution in [0.5, 0.6) is 0 Å². The second-order valence-corrected chi connectivity index (χ2v) is 3.70. The largest absolute Gasteiger partial charge is 0.207 e. The van der Waals surface area contributed by atoms with Crippen molar-refractivity contribution in [1.29, 1.82) is 0 Å². The fraction of sp³-hybridized carbons (Fsp3) is 0.333. The molecule has 0 aliphatic heterocycles. The number of hydrogen-bond acceptors (Lipinski definition) is 0. The van der Waals surface area contributed by atoms with Crippen molar-refractivity contribution in [2.45, 2.75) is 19.3 Å². The lowest BCUT2D eigenvalue weighted by atomic mass is 10.0. The lowest BCUT2D eigenvalue weighted by Crippen LogP contribution is -1.94. The van der Waals surface area contributed by atoms with Crippen molar-refractivity contribution in [3.05, 3.63) is 47.8 Å². The molecule has 0 N–H and O–H groups in total. The summed E-state index contributed by atoms with van der Waals surface area (Å²) in [6.07, 6.45) is 3.19.